The average Bonchev–Trinajstić information content (AvgIpc) is 3.07. The quantitative estimate of drug-likeness (QED) is 0.145. The van der Waals surface area contributed by atoms with E-state index < -0.39 is 0 Å². The number of hydrogen-bond donors (Lipinski definition) is 0. The van der Waals surface area contributed by atoms with Crippen molar-refractivity contribution in [3.05, 3.63) is 101 Å². The van der Waals surface area contributed by atoms with E-state index in [0.29, 0.717) is 0 Å². The molecule has 282 valence electrons. The van der Waals surface area contributed by atoms with E-state index in [0.717, 1.165) is 45.7 Å². The molecule has 0 N–H and O–H groups in total. The molecule has 4 aliphatic rings. The molecule has 0 radical (unpaired) electrons. The number of benzene rings is 5. The van der Waals surface area contributed by atoms with Gasteiger partial charge in [-0.2, -0.15) is 0 Å². The fourth-order valence-electron chi connectivity index (χ4n) is 8.87. The van der Waals surface area contributed by atoms with Gasteiger partial charge in [0.25, 0.3) is 6.71 Å². The topological polar surface area (TPSA) is 24.9 Å². The van der Waals surface area contributed by atoms with Crippen LogP contribution >= 0.6 is 0 Å². The second-order valence-corrected chi connectivity index (χ2v) is 21.7. The Balaban J connectivity index is 1.44. The standard InChI is InChI=1S/C50H57BN2O2/c1-46(2,3)28-16-18-35-39(24-28)54-41-26-30(48(7,8)9)20-33-44(41)52(35)37-22-32(50(13,14)15)23-38-43(37)51(33)34-21-31(49(10,11)12)27-42-45(34)53(38)36-19-17-29(47(4,5)6)25-40(36)55-42/h16-27H,1-15H3. The van der Waals surface area contributed by atoms with Crippen molar-refractivity contribution in [3.8, 4) is 23.0 Å². The molecule has 4 nitrogen and oxygen atoms in total. The second-order valence-electron chi connectivity index (χ2n) is 21.7. The summed E-state index contributed by atoms with van der Waals surface area (Å²) in [6, 6.07) is 28.3. The number of rotatable bonds is 0. The molecule has 0 saturated carbocycles. The van der Waals surface area contributed by atoms with Gasteiger partial charge in [-0.25, -0.2) is 0 Å². The van der Waals surface area contributed by atoms with Crippen LogP contribution in [0.5, 0.6) is 23.0 Å². The van der Waals surface area contributed by atoms with E-state index in [1.54, 1.807) is 0 Å². The highest BCUT2D eigenvalue weighted by atomic mass is 16.5. The first-order chi connectivity index (χ1) is 25.4. The van der Waals surface area contributed by atoms with Gasteiger partial charge in [-0.15, -0.1) is 0 Å². The third-order valence-corrected chi connectivity index (χ3v) is 12.4. The lowest BCUT2D eigenvalue weighted by molar-refractivity contribution is 0.469. The van der Waals surface area contributed by atoms with Gasteiger partial charge in [-0.3, -0.25) is 0 Å². The molecule has 0 saturated heterocycles. The van der Waals surface area contributed by atoms with Crippen LogP contribution < -0.4 is 35.7 Å². The number of hydrogen-bond acceptors (Lipinski definition) is 4. The lowest BCUT2D eigenvalue weighted by atomic mass is 9.33. The minimum absolute atomic E-state index is 0.0157. The predicted octanol–water partition coefficient (Wildman–Crippen LogP) is 12.5. The van der Waals surface area contributed by atoms with E-state index in [1.807, 2.05) is 0 Å². The van der Waals surface area contributed by atoms with E-state index in [9.17, 15) is 0 Å². The predicted molar refractivity (Wildman–Crippen MR) is 234 cm³/mol. The molecule has 4 aliphatic heterocycles. The van der Waals surface area contributed by atoms with Gasteiger partial charge in [-0.05, 0) is 120 Å². The minimum atomic E-state index is -0.101. The zero-order valence-electron chi connectivity index (χ0n) is 35.7. The van der Waals surface area contributed by atoms with E-state index in [2.05, 4.69) is 186 Å². The van der Waals surface area contributed by atoms with Crippen LogP contribution in [-0.2, 0) is 27.1 Å². The molecule has 0 amide bonds. The lowest BCUT2D eigenvalue weighted by Crippen LogP contribution is -2.62. The Morgan fingerprint density at radius 1 is 0.364 bits per heavy atom. The average molecular weight is 729 g/mol. The molecule has 0 aliphatic carbocycles. The van der Waals surface area contributed by atoms with Crippen LogP contribution in [0, 0.1) is 0 Å². The molecule has 0 fully saturated rings. The van der Waals surface area contributed by atoms with Gasteiger partial charge in [0.05, 0.1) is 22.7 Å². The van der Waals surface area contributed by atoms with Crippen molar-refractivity contribution >= 4 is 57.2 Å². The van der Waals surface area contributed by atoms with E-state index >= 15 is 0 Å². The highest BCUT2D eigenvalue weighted by Crippen LogP contribution is 2.58. The molecule has 0 spiro atoms. The first-order valence-electron chi connectivity index (χ1n) is 20.2. The smallest absolute Gasteiger partial charge is 0.252 e. The summed E-state index contributed by atoms with van der Waals surface area (Å²) in [5.74, 6) is 3.67. The van der Waals surface area contributed by atoms with Crippen molar-refractivity contribution in [2.75, 3.05) is 9.80 Å². The maximum Gasteiger partial charge on any atom is 0.252 e. The summed E-state index contributed by atoms with van der Waals surface area (Å²) in [6.45, 7) is 34.5. The van der Waals surface area contributed by atoms with Crippen molar-refractivity contribution < 1.29 is 9.47 Å². The summed E-state index contributed by atoms with van der Waals surface area (Å²) in [7, 11) is 0. The van der Waals surface area contributed by atoms with Crippen molar-refractivity contribution in [1.29, 1.82) is 0 Å². The summed E-state index contributed by atoms with van der Waals surface area (Å²) in [5.41, 5.74) is 16.9. The van der Waals surface area contributed by atoms with Crippen LogP contribution in [0.3, 0.4) is 0 Å². The van der Waals surface area contributed by atoms with E-state index in [1.165, 1.54) is 55.6 Å². The van der Waals surface area contributed by atoms with Crippen molar-refractivity contribution in [3.63, 3.8) is 0 Å². The molecular weight excluding hydrogens is 671 g/mol. The molecule has 0 bridgehead atoms. The Bertz CT molecular complexity index is 2310. The zero-order chi connectivity index (χ0) is 39.5. The van der Waals surface area contributed by atoms with Gasteiger partial charge in [0.15, 0.2) is 23.0 Å². The van der Waals surface area contributed by atoms with Crippen LogP contribution in [0.15, 0.2) is 72.8 Å². The third kappa shape index (κ3) is 5.39. The van der Waals surface area contributed by atoms with Gasteiger partial charge in [0, 0.05) is 11.4 Å². The Labute approximate surface area is 330 Å². The minimum Gasteiger partial charge on any atom is -0.453 e. The maximum atomic E-state index is 7.10. The zero-order valence-corrected chi connectivity index (χ0v) is 35.7. The Hall–Kier alpha value is -4.64. The fraction of sp³-hybridized carbons (Fsp3) is 0.400. The third-order valence-electron chi connectivity index (χ3n) is 12.4. The molecule has 5 aromatic rings. The molecule has 0 aromatic heterocycles. The number of ether oxygens (including phenoxy) is 2. The van der Waals surface area contributed by atoms with Crippen molar-refractivity contribution in [1.82, 2.24) is 0 Å². The molecule has 5 heteroatoms. The fourth-order valence-corrected chi connectivity index (χ4v) is 8.87. The Kier molecular flexibility index (Phi) is 7.22. The molecule has 55 heavy (non-hydrogen) atoms. The summed E-state index contributed by atoms with van der Waals surface area (Å²) >= 11 is 0. The Morgan fingerprint density at radius 2 is 0.691 bits per heavy atom. The van der Waals surface area contributed by atoms with Crippen LogP contribution in [0.25, 0.3) is 0 Å². The summed E-state index contributed by atoms with van der Waals surface area (Å²) < 4.78 is 14.2. The summed E-state index contributed by atoms with van der Waals surface area (Å²) in [6.07, 6.45) is 0. The molecular formula is C50H57BN2O2. The van der Waals surface area contributed by atoms with Crippen LogP contribution in [-0.4, -0.2) is 6.71 Å². The van der Waals surface area contributed by atoms with Crippen molar-refractivity contribution in [2.45, 2.75) is 131 Å². The SMILES string of the molecule is CC(C)(C)c1ccc2c(c1)Oc1cc(C(C)(C)C)cc3c1N2c1cc(C(C)(C)C)cc2c1B3c1cc(C(C)(C)C)cc3c1N2c1ccc(C(C)(C)C)cc1O3. The van der Waals surface area contributed by atoms with Crippen LogP contribution in [0.1, 0.15) is 132 Å². The number of anilines is 6. The molecule has 4 heterocycles. The molecule has 9 rings (SSSR count). The molecule has 0 atom stereocenters. The number of fused-ring (bicyclic) bond motifs is 8. The lowest BCUT2D eigenvalue weighted by Gasteiger charge is -2.48. The normalized spacial score (nSPS) is 15.4. The van der Waals surface area contributed by atoms with Crippen molar-refractivity contribution in [2.24, 2.45) is 0 Å². The number of nitrogens with zero attached hydrogens (tertiary/aromatic N) is 2. The summed E-state index contributed by atoms with van der Waals surface area (Å²) in [4.78, 5) is 5.08. The van der Waals surface area contributed by atoms with E-state index in [-0.39, 0.29) is 33.8 Å². The Morgan fingerprint density at radius 3 is 1.04 bits per heavy atom. The highest BCUT2D eigenvalue weighted by molar-refractivity contribution is 7.00. The van der Waals surface area contributed by atoms with Gasteiger partial charge in [0.2, 0.25) is 0 Å². The van der Waals surface area contributed by atoms with Gasteiger partial charge in [0.1, 0.15) is 0 Å². The molecule has 0 unspecified atom stereocenters. The van der Waals surface area contributed by atoms with Gasteiger partial charge < -0.3 is 19.3 Å². The molecule has 5 aromatic carbocycles. The monoisotopic (exact) mass is 728 g/mol. The van der Waals surface area contributed by atoms with E-state index in [4.69, 9.17) is 9.47 Å². The second kappa shape index (κ2) is 11.0. The van der Waals surface area contributed by atoms with Crippen LogP contribution in [0.2, 0.25) is 0 Å². The first-order valence-corrected chi connectivity index (χ1v) is 20.2. The maximum absolute atomic E-state index is 7.10. The summed E-state index contributed by atoms with van der Waals surface area (Å²) in [5, 5.41) is 0. The first kappa shape index (κ1) is 36.0. The van der Waals surface area contributed by atoms with Gasteiger partial charge in [-0.1, -0.05) is 128 Å². The van der Waals surface area contributed by atoms with Crippen LogP contribution in [0.4, 0.5) is 34.1 Å². The highest BCUT2D eigenvalue weighted by Gasteiger charge is 2.49. The largest absolute Gasteiger partial charge is 0.453 e. The van der Waals surface area contributed by atoms with Gasteiger partial charge >= 0.3 is 0 Å².